The molecule has 3 amide bonds. The molecule has 252 valence electrons. The van der Waals surface area contributed by atoms with E-state index in [4.69, 9.17) is 32.2 Å². The molecule has 1 saturated heterocycles. The standard InChI is InChI=1S/C26H30N8O6.C2HF3O2/c1-15(35)26(10-11-31-23(38)18-6-2-16(3-7-18)21(27)28)25(40)33(14-20(36)37)12-13-34(26)32-24(39)19-8-4-17(5-9-19)22(29)30;3-2(4,5)1(6)7/h2-9H,10-14H2,1H3,(H3,27,28)(H3,29,30)(H,31,38)(H,32,39)(H,36,37);(H,6,7)/t26-;/m0./s1. The summed E-state index contributed by atoms with van der Waals surface area (Å²) < 4.78 is 31.7. The second-order valence-corrected chi connectivity index (χ2v) is 9.92. The van der Waals surface area contributed by atoms with Gasteiger partial charge in [-0.3, -0.25) is 40.2 Å². The first kappa shape index (κ1) is 37.3. The summed E-state index contributed by atoms with van der Waals surface area (Å²) in [7, 11) is 0. The molecular weight excluding hydrogens is 633 g/mol. The van der Waals surface area contributed by atoms with Crippen molar-refractivity contribution in [3.63, 3.8) is 0 Å². The molecule has 0 bridgehead atoms. The van der Waals surface area contributed by atoms with E-state index in [1.807, 2.05) is 0 Å². The van der Waals surface area contributed by atoms with Crippen LogP contribution in [-0.4, -0.2) is 105 Å². The van der Waals surface area contributed by atoms with Crippen molar-refractivity contribution in [1.82, 2.24) is 20.7 Å². The van der Waals surface area contributed by atoms with Crippen LogP contribution in [0.25, 0.3) is 0 Å². The number of carboxylic acids is 2. The number of nitrogens with zero attached hydrogens (tertiary/aromatic N) is 2. The Morgan fingerprint density at radius 2 is 1.28 bits per heavy atom. The van der Waals surface area contributed by atoms with Gasteiger partial charge in [0.05, 0.1) is 0 Å². The zero-order chi connectivity index (χ0) is 35.7. The first-order valence-electron chi connectivity index (χ1n) is 13.4. The van der Waals surface area contributed by atoms with Crippen molar-refractivity contribution in [2.24, 2.45) is 11.5 Å². The van der Waals surface area contributed by atoms with Gasteiger partial charge in [0.15, 0.2) is 11.3 Å². The normalized spacial score (nSPS) is 16.3. The maximum absolute atomic E-state index is 13.6. The number of hydrogen-bond acceptors (Lipinski definition) is 9. The van der Waals surface area contributed by atoms with E-state index in [1.165, 1.54) is 53.5 Å². The number of halogens is 3. The molecule has 2 aromatic rings. The summed E-state index contributed by atoms with van der Waals surface area (Å²) in [5.74, 6) is -6.99. The summed E-state index contributed by atoms with van der Waals surface area (Å²) in [6.07, 6.45) is -5.35. The number of carboxylic acid groups (broad SMARTS) is 2. The van der Waals surface area contributed by atoms with E-state index in [2.05, 4.69) is 10.7 Å². The smallest absolute Gasteiger partial charge is 0.480 e. The Labute approximate surface area is 264 Å². The van der Waals surface area contributed by atoms with Gasteiger partial charge in [0.2, 0.25) is 0 Å². The number of carbonyl (C=O) groups is 6. The Hall–Kier alpha value is -5.85. The molecule has 0 spiro atoms. The molecule has 1 heterocycles. The third kappa shape index (κ3) is 9.57. The fourth-order valence-electron chi connectivity index (χ4n) is 4.36. The highest BCUT2D eigenvalue weighted by Gasteiger charge is 2.54. The van der Waals surface area contributed by atoms with Gasteiger partial charge >= 0.3 is 18.1 Å². The van der Waals surface area contributed by atoms with Gasteiger partial charge in [-0.1, -0.05) is 24.3 Å². The fraction of sp³-hybridized carbons (Fsp3) is 0.286. The highest BCUT2D eigenvalue weighted by atomic mass is 19.4. The minimum absolute atomic E-state index is 0.0592. The second-order valence-electron chi connectivity index (χ2n) is 9.92. The number of aliphatic carboxylic acids is 2. The Kier molecular flexibility index (Phi) is 12.3. The maximum atomic E-state index is 13.6. The van der Waals surface area contributed by atoms with Crippen LogP contribution in [0.2, 0.25) is 0 Å². The third-order valence-corrected chi connectivity index (χ3v) is 6.77. The largest absolute Gasteiger partial charge is 0.490 e. The summed E-state index contributed by atoms with van der Waals surface area (Å²) in [6.45, 7) is 0.219. The van der Waals surface area contributed by atoms with Gasteiger partial charge < -0.3 is 31.9 Å². The van der Waals surface area contributed by atoms with E-state index in [1.54, 1.807) is 0 Å². The van der Waals surface area contributed by atoms with E-state index in [0.29, 0.717) is 11.1 Å². The molecule has 2 aromatic carbocycles. The van der Waals surface area contributed by atoms with Gasteiger partial charge in [-0.15, -0.1) is 0 Å². The summed E-state index contributed by atoms with van der Waals surface area (Å²) >= 11 is 0. The number of amides is 3. The molecule has 1 atom stereocenters. The summed E-state index contributed by atoms with van der Waals surface area (Å²) in [5.41, 5.74) is 12.7. The number of benzene rings is 2. The third-order valence-electron chi connectivity index (χ3n) is 6.77. The lowest BCUT2D eigenvalue weighted by Crippen LogP contribution is -2.73. The van der Waals surface area contributed by atoms with E-state index in [-0.39, 0.29) is 48.9 Å². The second kappa shape index (κ2) is 15.4. The lowest BCUT2D eigenvalue weighted by Gasteiger charge is -2.47. The maximum Gasteiger partial charge on any atom is 0.490 e. The number of hydrogen-bond donors (Lipinski definition) is 8. The molecular formula is C28H31F3N8O8. The van der Waals surface area contributed by atoms with Gasteiger partial charge in [0, 0.05) is 48.3 Å². The molecule has 0 aromatic heterocycles. The van der Waals surface area contributed by atoms with Crippen molar-refractivity contribution in [2.45, 2.75) is 25.1 Å². The Balaban J connectivity index is 0.000000984. The SMILES string of the molecule is CC(=O)[C@@]1(CCNC(=O)c2ccc(C(=N)N)cc2)C(=O)N(CC(=O)O)CCN1NC(=O)c1ccc(C(=N)N)cc1.O=C(O)C(F)(F)F. The van der Waals surface area contributed by atoms with Crippen molar-refractivity contribution >= 4 is 47.1 Å². The zero-order valence-electron chi connectivity index (χ0n) is 24.7. The molecule has 1 aliphatic rings. The van der Waals surface area contributed by atoms with Crippen molar-refractivity contribution in [3.05, 3.63) is 70.8 Å². The van der Waals surface area contributed by atoms with E-state index >= 15 is 0 Å². The lowest BCUT2D eigenvalue weighted by atomic mass is 9.86. The average Bonchev–Trinajstić information content (AvgIpc) is 2.99. The van der Waals surface area contributed by atoms with Gasteiger partial charge in [0.1, 0.15) is 18.2 Å². The number of nitrogens with one attached hydrogen (secondary N) is 4. The van der Waals surface area contributed by atoms with Crippen LogP contribution in [0, 0.1) is 10.8 Å². The zero-order valence-corrected chi connectivity index (χ0v) is 24.7. The van der Waals surface area contributed by atoms with Crippen molar-refractivity contribution < 1.29 is 52.2 Å². The Bertz CT molecular complexity index is 1560. The number of Topliss-reactive ketones (excluding diaryl/α,β-unsaturated/α-hetero) is 1. The first-order chi connectivity index (χ1) is 21.8. The first-order valence-corrected chi connectivity index (χ1v) is 13.4. The van der Waals surface area contributed by atoms with Crippen molar-refractivity contribution in [2.75, 3.05) is 26.2 Å². The van der Waals surface area contributed by atoms with Crippen LogP contribution < -0.4 is 22.2 Å². The van der Waals surface area contributed by atoms with Crippen LogP contribution in [-0.2, 0) is 19.2 Å². The number of hydrazine groups is 1. The molecule has 10 N–H and O–H groups in total. The van der Waals surface area contributed by atoms with Crippen LogP contribution in [0.15, 0.2) is 48.5 Å². The number of nitrogen functional groups attached to an aromatic ring is 2. The molecule has 0 unspecified atom stereocenters. The van der Waals surface area contributed by atoms with E-state index in [9.17, 15) is 42.3 Å². The van der Waals surface area contributed by atoms with Crippen LogP contribution in [0.4, 0.5) is 13.2 Å². The minimum Gasteiger partial charge on any atom is -0.480 e. The molecule has 0 radical (unpaired) electrons. The molecule has 19 heteroatoms. The number of ketones is 1. The molecule has 0 aliphatic carbocycles. The topological polar surface area (TPSA) is 273 Å². The van der Waals surface area contributed by atoms with Crippen LogP contribution in [0.5, 0.6) is 0 Å². The van der Waals surface area contributed by atoms with Crippen LogP contribution in [0.1, 0.15) is 45.2 Å². The van der Waals surface area contributed by atoms with Gasteiger partial charge in [-0.2, -0.15) is 18.2 Å². The van der Waals surface area contributed by atoms with E-state index < -0.39 is 53.7 Å². The highest BCUT2D eigenvalue weighted by molar-refractivity contribution is 6.11. The van der Waals surface area contributed by atoms with Gasteiger partial charge in [-0.25, -0.2) is 4.79 Å². The van der Waals surface area contributed by atoms with Gasteiger partial charge in [0.25, 0.3) is 17.7 Å². The monoisotopic (exact) mass is 664 g/mol. The molecule has 3 rings (SSSR count). The summed E-state index contributed by atoms with van der Waals surface area (Å²) in [4.78, 5) is 73.7. The predicted molar refractivity (Wildman–Crippen MR) is 157 cm³/mol. The molecule has 1 aliphatic heterocycles. The molecule has 0 saturated carbocycles. The average molecular weight is 665 g/mol. The van der Waals surface area contributed by atoms with Crippen LogP contribution >= 0.6 is 0 Å². The molecule has 47 heavy (non-hydrogen) atoms. The number of nitrogens with two attached hydrogens (primary N) is 2. The number of amidine groups is 2. The molecule has 1 fully saturated rings. The van der Waals surface area contributed by atoms with Gasteiger partial charge in [-0.05, 0) is 31.2 Å². The number of piperazine rings is 1. The summed E-state index contributed by atoms with van der Waals surface area (Å²) in [6, 6.07) is 11.8. The quantitative estimate of drug-likeness (QED) is 0.0893. The number of alkyl halides is 3. The Morgan fingerprint density at radius 3 is 1.66 bits per heavy atom. The predicted octanol–water partition coefficient (Wildman–Crippen LogP) is -0.0905. The lowest BCUT2D eigenvalue weighted by molar-refractivity contribution is -0.192. The Morgan fingerprint density at radius 1 is 0.851 bits per heavy atom. The number of rotatable bonds is 11. The minimum atomic E-state index is -5.08. The van der Waals surface area contributed by atoms with Crippen LogP contribution in [0.3, 0.4) is 0 Å². The van der Waals surface area contributed by atoms with E-state index in [0.717, 1.165) is 11.8 Å². The number of carbonyl (C=O) groups excluding carboxylic acids is 4. The fourth-order valence-corrected chi connectivity index (χ4v) is 4.36. The van der Waals surface area contributed by atoms with Crippen molar-refractivity contribution in [1.29, 1.82) is 10.8 Å². The summed E-state index contributed by atoms with van der Waals surface area (Å²) in [5, 5.41) is 35.2. The highest BCUT2D eigenvalue weighted by Crippen LogP contribution is 2.27. The van der Waals surface area contributed by atoms with Crippen molar-refractivity contribution in [3.8, 4) is 0 Å². The molecule has 16 nitrogen and oxygen atoms in total.